The zero-order valence-electron chi connectivity index (χ0n) is 8.45. The number of carbonyl (C=O) groups excluding carboxylic acids is 2. The highest BCUT2D eigenvalue weighted by Gasteiger charge is 2.25. The van der Waals surface area contributed by atoms with Gasteiger partial charge in [-0.2, -0.15) is 0 Å². The fourth-order valence-electron chi connectivity index (χ4n) is 1.55. The number of rotatable bonds is 3. The summed E-state index contributed by atoms with van der Waals surface area (Å²) in [6, 6.07) is 0. The van der Waals surface area contributed by atoms with Crippen molar-refractivity contribution in [1.29, 1.82) is 0 Å². The highest BCUT2D eigenvalue weighted by molar-refractivity contribution is 6.34. The Kier molecular flexibility index (Phi) is 3.88. The third-order valence-electron chi connectivity index (χ3n) is 2.70. The fourth-order valence-corrected chi connectivity index (χ4v) is 1.55. The van der Waals surface area contributed by atoms with Crippen molar-refractivity contribution in [1.82, 2.24) is 10.3 Å². The summed E-state index contributed by atoms with van der Waals surface area (Å²) in [5, 5.41) is 0. The lowest BCUT2D eigenvalue weighted by Gasteiger charge is -2.31. The second kappa shape index (κ2) is 4.95. The van der Waals surface area contributed by atoms with Gasteiger partial charge < -0.3 is 4.90 Å². The lowest BCUT2D eigenvalue weighted by atomic mass is 9.85. The van der Waals surface area contributed by atoms with E-state index in [1.165, 1.54) is 6.42 Å². The molecule has 0 aromatic rings. The van der Waals surface area contributed by atoms with E-state index >= 15 is 0 Å². The van der Waals surface area contributed by atoms with Crippen molar-refractivity contribution < 1.29 is 9.59 Å². The van der Waals surface area contributed by atoms with Crippen LogP contribution in [0, 0.1) is 5.92 Å². The van der Waals surface area contributed by atoms with Crippen LogP contribution in [0.25, 0.3) is 0 Å². The van der Waals surface area contributed by atoms with Gasteiger partial charge in [0.25, 0.3) is 0 Å². The van der Waals surface area contributed by atoms with Crippen LogP contribution in [0.1, 0.15) is 26.2 Å². The van der Waals surface area contributed by atoms with Crippen LogP contribution in [0.3, 0.4) is 0 Å². The molecule has 0 aliphatic heterocycles. The lowest BCUT2D eigenvalue weighted by Crippen LogP contribution is -2.47. The van der Waals surface area contributed by atoms with E-state index in [0.29, 0.717) is 19.0 Å². The van der Waals surface area contributed by atoms with E-state index in [9.17, 15) is 9.59 Å². The molecule has 1 aliphatic rings. The molecule has 0 saturated heterocycles. The largest absolute Gasteiger partial charge is 0.334 e. The van der Waals surface area contributed by atoms with Crippen molar-refractivity contribution in [3.05, 3.63) is 0 Å². The molecule has 3 N–H and O–H groups in total. The van der Waals surface area contributed by atoms with Gasteiger partial charge in [-0.25, -0.2) is 5.84 Å². The Morgan fingerprint density at radius 3 is 2.50 bits per heavy atom. The molecule has 1 saturated carbocycles. The number of likely N-dealkylation sites (N-methyl/N-ethyl adjacent to an activating group) is 1. The first-order chi connectivity index (χ1) is 6.69. The lowest BCUT2D eigenvalue weighted by molar-refractivity contribution is -0.146. The molecule has 0 spiro atoms. The third kappa shape index (κ3) is 2.45. The van der Waals surface area contributed by atoms with E-state index in [1.807, 2.05) is 12.3 Å². The molecule has 14 heavy (non-hydrogen) atoms. The molecular weight excluding hydrogens is 182 g/mol. The molecule has 0 radical (unpaired) electrons. The number of nitrogens with zero attached hydrogens (tertiary/aromatic N) is 1. The minimum atomic E-state index is -0.730. The van der Waals surface area contributed by atoms with Crippen LogP contribution in [-0.4, -0.2) is 29.8 Å². The standard InChI is InChI=1S/C9H17N3O2/c1-2-12(6-7-4-3-5-7)9(14)8(13)11-10/h7H,2-6,10H2,1H3,(H,11,13). The summed E-state index contributed by atoms with van der Waals surface area (Å²) >= 11 is 0. The van der Waals surface area contributed by atoms with E-state index in [4.69, 9.17) is 5.84 Å². The Morgan fingerprint density at radius 1 is 1.50 bits per heavy atom. The van der Waals surface area contributed by atoms with Gasteiger partial charge in [0.05, 0.1) is 0 Å². The minimum Gasteiger partial charge on any atom is -0.334 e. The number of nitrogens with one attached hydrogen (secondary N) is 1. The van der Waals surface area contributed by atoms with Crippen molar-refractivity contribution in [2.24, 2.45) is 11.8 Å². The average molecular weight is 199 g/mol. The molecule has 0 heterocycles. The summed E-state index contributed by atoms with van der Waals surface area (Å²) < 4.78 is 0. The zero-order valence-corrected chi connectivity index (χ0v) is 8.45. The number of hydrogen-bond acceptors (Lipinski definition) is 3. The fraction of sp³-hybridized carbons (Fsp3) is 0.778. The van der Waals surface area contributed by atoms with E-state index in [0.717, 1.165) is 12.8 Å². The maximum absolute atomic E-state index is 11.4. The molecule has 1 fully saturated rings. The van der Waals surface area contributed by atoms with E-state index in [1.54, 1.807) is 4.90 Å². The number of nitrogens with two attached hydrogens (primary N) is 1. The first-order valence-corrected chi connectivity index (χ1v) is 4.98. The van der Waals surface area contributed by atoms with Crippen molar-refractivity contribution in [3.8, 4) is 0 Å². The molecule has 0 aromatic carbocycles. The van der Waals surface area contributed by atoms with Crippen LogP contribution >= 0.6 is 0 Å². The molecule has 0 bridgehead atoms. The second-order valence-electron chi connectivity index (χ2n) is 3.61. The van der Waals surface area contributed by atoms with Crippen LogP contribution in [0.15, 0.2) is 0 Å². The Hall–Kier alpha value is -1.10. The van der Waals surface area contributed by atoms with Crippen molar-refractivity contribution in [2.75, 3.05) is 13.1 Å². The highest BCUT2D eigenvalue weighted by Crippen LogP contribution is 2.26. The Bertz CT molecular complexity index is 226. The quantitative estimate of drug-likeness (QED) is 0.282. The second-order valence-corrected chi connectivity index (χ2v) is 3.61. The maximum atomic E-state index is 11.4. The average Bonchev–Trinajstić information content (AvgIpc) is 2.14. The minimum absolute atomic E-state index is 0.526. The molecule has 5 nitrogen and oxygen atoms in total. The smallest absolute Gasteiger partial charge is 0.323 e. The molecule has 5 heteroatoms. The van der Waals surface area contributed by atoms with Crippen molar-refractivity contribution in [2.45, 2.75) is 26.2 Å². The summed E-state index contributed by atoms with van der Waals surface area (Å²) in [5.41, 5.74) is 1.86. The van der Waals surface area contributed by atoms with Gasteiger partial charge in [-0.1, -0.05) is 6.42 Å². The molecule has 0 atom stereocenters. The SMILES string of the molecule is CCN(CC1CCC1)C(=O)C(=O)NN. The summed E-state index contributed by atoms with van der Waals surface area (Å²) in [7, 11) is 0. The van der Waals surface area contributed by atoms with E-state index in [-0.39, 0.29) is 0 Å². The normalized spacial score (nSPS) is 15.9. The van der Waals surface area contributed by atoms with Gasteiger partial charge in [-0.15, -0.1) is 0 Å². The predicted octanol–water partition coefficient (Wildman–Crippen LogP) is -0.375. The van der Waals surface area contributed by atoms with Gasteiger partial charge in [0, 0.05) is 13.1 Å². The molecule has 80 valence electrons. The molecule has 1 aliphatic carbocycles. The molecule has 1 rings (SSSR count). The van der Waals surface area contributed by atoms with Gasteiger partial charge in [0.1, 0.15) is 0 Å². The Labute approximate surface area is 83.6 Å². The van der Waals surface area contributed by atoms with Crippen LogP contribution < -0.4 is 11.3 Å². The topological polar surface area (TPSA) is 75.4 Å². The molecule has 0 unspecified atom stereocenters. The van der Waals surface area contributed by atoms with Crippen LogP contribution in [0.5, 0.6) is 0 Å². The predicted molar refractivity (Wildman–Crippen MR) is 51.9 cm³/mol. The van der Waals surface area contributed by atoms with Crippen molar-refractivity contribution >= 4 is 11.8 Å². The first-order valence-electron chi connectivity index (χ1n) is 4.98. The molecule has 0 aromatic heterocycles. The summed E-state index contributed by atoms with van der Waals surface area (Å²) in [6.45, 7) is 3.10. The third-order valence-corrected chi connectivity index (χ3v) is 2.70. The van der Waals surface area contributed by atoms with E-state index in [2.05, 4.69) is 0 Å². The van der Waals surface area contributed by atoms with Gasteiger partial charge >= 0.3 is 11.8 Å². The molecular formula is C9H17N3O2. The zero-order chi connectivity index (χ0) is 10.6. The van der Waals surface area contributed by atoms with E-state index < -0.39 is 11.8 Å². The number of hydrazine groups is 1. The number of amides is 2. The van der Waals surface area contributed by atoms with Gasteiger partial charge in [-0.3, -0.25) is 15.0 Å². The summed E-state index contributed by atoms with van der Waals surface area (Å²) in [5.74, 6) is 4.21. The number of hydrogen-bond donors (Lipinski definition) is 2. The van der Waals surface area contributed by atoms with Crippen molar-refractivity contribution in [3.63, 3.8) is 0 Å². The van der Waals surface area contributed by atoms with Gasteiger partial charge in [0.15, 0.2) is 0 Å². The highest BCUT2D eigenvalue weighted by atomic mass is 16.2. The molecule has 2 amide bonds. The van der Waals surface area contributed by atoms with Gasteiger partial charge in [0.2, 0.25) is 0 Å². The summed E-state index contributed by atoms with van der Waals surface area (Å²) in [6.07, 6.45) is 3.56. The van der Waals surface area contributed by atoms with Crippen LogP contribution in [0.2, 0.25) is 0 Å². The summed E-state index contributed by atoms with van der Waals surface area (Å²) in [4.78, 5) is 23.9. The maximum Gasteiger partial charge on any atom is 0.323 e. The number of carbonyl (C=O) groups is 2. The van der Waals surface area contributed by atoms with Crippen LogP contribution in [0.4, 0.5) is 0 Å². The van der Waals surface area contributed by atoms with Gasteiger partial charge in [-0.05, 0) is 25.7 Å². The Morgan fingerprint density at radius 2 is 2.14 bits per heavy atom. The van der Waals surface area contributed by atoms with Crippen LogP contribution in [-0.2, 0) is 9.59 Å². The Balaban J connectivity index is 2.43. The first kappa shape index (κ1) is 11.0. The monoisotopic (exact) mass is 199 g/mol.